The zero-order valence-corrected chi connectivity index (χ0v) is 10.0. The number of hydrogen-bond acceptors (Lipinski definition) is 4. The first-order valence-corrected chi connectivity index (χ1v) is 5.53. The number of carboxylic acids is 1. The van der Waals surface area contributed by atoms with Crippen LogP contribution < -0.4 is 5.32 Å². The number of pyridine rings is 1. The summed E-state index contributed by atoms with van der Waals surface area (Å²) in [4.78, 5) is 26.7. The molecule has 0 saturated heterocycles. The molecule has 6 heteroatoms. The number of nitrogens with zero attached hydrogens (tertiary/aromatic N) is 1. The van der Waals surface area contributed by atoms with Gasteiger partial charge in [-0.25, -0.2) is 4.98 Å². The van der Waals surface area contributed by atoms with Crippen molar-refractivity contribution in [3.8, 4) is 5.75 Å². The van der Waals surface area contributed by atoms with Crippen LogP contribution in [0, 0.1) is 17.3 Å². The van der Waals surface area contributed by atoms with Crippen molar-refractivity contribution in [3.05, 3.63) is 18.3 Å². The molecule has 1 aliphatic carbocycles. The summed E-state index contributed by atoms with van der Waals surface area (Å²) in [5.74, 6) is -2.79. The van der Waals surface area contributed by atoms with E-state index in [2.05, 4.69) is 10.3 Å². The first kappa shape index (κ1) is 12.3. The fraction of sp³-hybridized carbons (Fsp3) is 0.417. The molecule has 2 rings (SSSR count). The molecule has 0 aromatic carbocycles. The molecule has 0 aliphatic heterocycles. The maximum Gasteiger partial charge on any atom is 0.307 e. The van der Waals surface area contributed by atoms with E-state index in [0.717, 1.165) is 0 Å². The van der Waals surface area contributed by atoms with Crippen molar-refractivity contribution in [2.24, 2.45) is 17.3 Å². The van der Waals surface area contributed by atoms with Crippen LogP contribution in [0.1, 0.15) is 13.8 Å². The molecule has 1 fully saturated rings. The predicted octanol–water partition coefficient (Wildman–Crippen LogP) is 1.08. The number of rotatable bonds is 3. The van der Waals surface area contributed by atoms with Gasteiger partial charge in [0.05, 0.1) is 11.8 Å². The molecule has 0 radical (unpaired) electrons. The Kier molecular flexibility index (Phi) is 2.73. The predicted molar refractivity (Wildman–Crippen MR) is 62.9 cm³/mol. The smallest absolute Gasteiger partial charge is 0.307 e. The van der Waals surface area contributed by atoms with Crippen molar-refractivity contribution < 1.29 is 19.8 Å². The Labute approximate surface area is 104 Å². The molecule has 2 atom stereocenters. The van der Waals surface area contributed by atoms with Crippen molar-refractivity contribution in [2.45, 2.75) is 13.8 Å². The lowest BCUT2D eigenvalue weighted by molar-refractivity contribution is -0.140. The third-order valence-corrected chi connectivity index (χ3v) is 3.40. The Hall–Kier alpha value is -2.11. The van der Waals surface area contributed by atoms with Gasteiger partial charge in [0.25, 0.3) is 0 Å². The van der Waals surface area contributed by atoms with Crippen molar-refractivity contribution in [1.29, 1.82) is 0 Å². The minimum atomic E-state index is -0.981. The second kappa shape index (κ2) is 3.97. The highest BCUT2D eigenvalue weighted by Gasteiger charge is 2.65. The number of anilines is 1. The van der Waals surface area contributed by atoms with Crippen LogP contribution in [-0.2, 0) is 9.59 Å². The van der Waals surface area contributed by atoms with E-state index < -0.39 is 29.1 Å². The van der Waals surface area contributed by atoms with Crippen molar-refractivity contribution >= 4 is 17.7 Å². The highest BCUT2D eigenvalue weighted by molar-refractivity contribution is 5.99. The van der Waals surface area contributed by atoms with Gasteiger partial charge in [-0.2, -0.15) is 0 Å². The Morgan fingerprint density at radius 3 is 2.56 bits per heavy atom. The second-order valence-corrected chi connectivity index (χ2v) is 4.98. The highest BCUT2D eigenvalue weighted by atomic mass is 16.4. The molecule has 0 spiro atoms. The van der Waals surface area contributed by atoms with Gasteiger partial charge in [-0.15, -0.1) is 0 Å². The summed E-state index contributed by atoms with van der Waals surface area (Å²) >= 11 is 0. The zero-order chi connectivity index (χ0) is 13.5. The molecular weight excluding hydrogens is 236 g/mol. The first-order chi connectivity index (χ1) is 8.35. The summed E-state index contributed by atoms with van der Waals surface area (Å²) in [5, 5.41) is 20.9. The summed E-state index contributed by atoms with van der Waals surface area (Å²) in [5.41, 5.74) is -0.569. The van der Waals surface area contributed by atoms with Crippen LogP contribution in [-0.4, -0.2) is 27.1 Å². The lowest BCUT2D eigenvalue weighted by Crippen LogP contribution is -2.18. The number of aromatic nitrogens is 1. The SMILES string of the molecule is CC1(C)[C@H](C(=O)O)[C@@H]1C(=O)Nc1ncccc1O. The molecule has 3 N–H and O–H groups in total. The van der Waals surface area contributed by atoms with Gasteiger partial charge in [-0.05, 0) is 17.5 Å². The molecule has 1 saturated carbocycles. The number of carbonyl (C=O) groups excluding carboxylic acids is 1. The summed E-state index contributed by atoms with van der Waals surface area (Å²) in [7, 11) is 0. The third-order valence-electron chi connectivity index (χ3n) is 3.40. The molecule has 1 amide bonds. The number of amides is 1. The Balaban J connectivity index is 2.11. The molecule has 6 nitrogen and oxygen atoms in total. The van der Waals surface area contributed by atoms with Gasteiger partial charge in [0.1, 0.15) is 0 Å². The Morgan fingerprint density at radius 1 is 1.39 bits per heavy atom. The minimum Gasteiger partial charge on any atom is -0.504 e. The van der Waals surface area contributed by atoms with Gasteiger partial charge in [-0.3, -0.25) is 9.59 Å². The lowest BCUT2D eigenvalue weighted by Gasteiger charge is -2.06. The number of carboxylic acid groups (broad SMARTS) is 1. The largest absolute Gasteiger partial charge is 0.504 e. The van der Waals surface area contributed by atoms with Crippen LogP contribution in [0.5, 0.6) is 5.75 Å². The Morgan fingerprint density at radius 2 is 2.06 bits per heavy atom. The van der Waals surface area contributed by atoms with Gasteiger partial charge in [0.15, 0.2) is 11.6 Å². The van der Waals surface area contributed by atoms with Crippen LogP contribution in [0.25, 0.3) is 0 Å². The first-order valence-electron chi connectivity index (χ1n) is 5.53. The lowest BCUT2D eigenvalue weighted by atomic mass is 10.1. The number of aliphatic carboxylic acids is 1. The normalized spacial score (nSPS) is 24.3. The molecule has 96 valence electrons. The summed E-state index contributed by atoms with van der Waals surface area (Å²) in [6.45, 7) is 3.46. The van der Waals surface area contributed by atoms with E-state index >= 15 is 0 Å². The van der Waals surface area contributed by atoms with Crippen LogP contribution in [0.3, 0.4) is 0 Å². The highest BCUT2D eigenvalue weighted by Crippen LogP contribution is 2.58. The van der Waals surface area contributed by atoms with E-state index in [-0.39, 0.29) is 11.6 Å². The molecule has 0 bridgehead atoms. The van der Waals surface area contributed by atoms with Gasteiger partial charge in [0, 0.05) is 6.20 Å². The van der Waals surface area contributed by atoms with E-state index in [1.54, 1.807) is 13.8 Å². The number of carbonyl (C=O) groups is 2. The second-order valence-electron chi connectivity index (χ2n) is 4.98. The van der Waals surface area contributed by atoms with Crippen molar-refractivity contribution in [2.75, 3.05) is 5.32 Å². The third kappa shape index (κ3) is 1.90. The van der Waals surface area contributed by atoms with E-state index in [1.807, 2.05) is 0 Å². The van der Waals surface area contributed by atoms with Crippen LogP contribution in [0.4, 0.5) is 5.82 Å². The monoisotopic (exact) mass is 250 g/mol. The average molecular weight is 250 g/mol. The topological polar surface area (TPSA) is 99.5 Å². The van der Waals surface area contributed by atoms with Crippen molar-refractivity contribution in [1.82, 2.24) is 4.98 Å². The fourth-order valence-electron chi connectivity index (χ4n) is 2.28. The Bertz CT molecular complexity index is 513. The quantitative estimate of drug-likeness (QED) is 0.745. The van der Waals surface area contributed by atoms with Crippen LogP contribution >= 0.6 is 0 Å². The molecular formula is C12H14N2O4. The van der Waals surface area contributed by atoms with E-state index in [4.69, 9.17) is 5.11 Å². The van der Waals surface area contributed by atoms with Gasteiger partial charge in [-0.1, -0.05) is 13.8 Å². The molecule has 18 heavy (non-hydrogen) atoms. The number of nitrogens with one attached hydrogen (secondary N) is 1. The summed E-state index contributed by atoms with van der Waals surface area (Å²) in [6.07, 6.45) is 1.43. The fourth-order valence-corrected chi connectivity index (χ4v) is 2.28. The van der Waals surface area contributed by atoms with Crippen LogP contribution in [0.2, 0.25) is 0 Å². The molecule has 0 unspecified atom stereocenters. The summed E-state index contributed by atoms with van der Waals surface area (Å²) in [6, 6.07) is 2.93. The number of aromatic hydroxyl groups is 1. The van der Waals surface area contributed by atoms with E-state index in [9.17, 15) is 14.7 Å². The van der Waals surface area contributed by atoms with E-state index in [1.165, 1.54) is 18.3 Å². The van der Waals surface area contributed by atoms with Crippen LogP contribution in [0.15, 0.2) is 18.3 Å². The van der Waals surface area contributed by atoms with E-state index in [0.29, 0.717) is 0 Å². The van der Waals surface area contributed by atoms with Gasteiger partial charge >= 0.3 is 5.97 Å². The maximum absolute atomic E-state index is 11.9. The van der Waals surface area contributed by atoms with Gasteiger partial charge < -0.3 is 15.5 Å². The summed E-state index contributed by atoms with van der Waals surface area (Å²) < 4.78 is 0. The van der Waals surface area contributed by atoms with Gasteiger partial charge in [0.2, 0.25) is 5.91 Å². The van der Waals surface area contributed by atoms with Crippen molar-refractivity contribution in [3.63, 3.8) is 0 Å². The molecule has 1 aromatic rings. The average Bonchev–Trinajstić information content (AvgIpc) is 2.85. The molecule has 1 heterocycles. The maximum atomic E-state index is 11.9. The standard InChI is InChI=1S/C12H14N2O4/c1-12(2)7(8(12)11(17)18)10(16)14-9-6(15)4-3-5-13-9/h3-5,7-8,15H,1-2H3,(H,17,18)(H,13,14,16)/t7-,8+/m1/s1. The zero-order valence-electron chi connectivity index (χ0n) is 10.0. The number of hydrogen-bond donors (Lipinski definition) is 3. The molecule has 1 aliphatic rings. The molecule has 1 aromatic heterocycles. The minimum absolute atomic E-state index is 0.0503.